The molecule has 2 atom stereocenters. The minimum atomic E-state index is -0.128. The van der Waals surface area contributed by atoms with Crippen molar-refractivity contribution in [1.29, 1.82) is 0 Å². The molecule has 1 aromatic heterocycles. The third-order valence-electron chi connectivity index (χ3n) is 18.3. The first-order valence-electron chi connectivity index (χ1n) is 27.7. The molecular weight excluding hydrogens is 938 g/mol. The van der Waals surface area contributed by atoms with Gasteiger partial charge >= 0.3 is 0 Å². The molecule has 3 aliphatic heterocycles. The largest absolute Gasteiger partial charge is 0.334 e. The lowest BCUT2D eigenvalue weighted by atomic mass is 9.33. The molecule has 2 unspecified atom stereocenters. The van der Waals surface area contributed by atoms with Gasteiger partial charge in [0.15, 0.2) is 0 Å². The molecule has 0 bridgehead atoms. The van der Waals surface area contributed by atoms with E-state index in [1.165, 1.54) is 146 Å². The summed E-state index contributed by atoms with van der Waals surface area (Å²) in [4.78, 5) is 8.11. The molecule has 0 amide bonds. The van der Waals surface area contributed by atoms with E-state index in [4.69, 9.17) is 0 Å². The summed E-state index contributed by atoms with van der Waals surface area (Å²) >= 11 is 1.92. The van der Waals surface area contributed by atoms with Crippen molar-refractivity contribution in [3.8, 4) is 22.3 Å². The number of aryl methyl sites for hydroxylation is 1. The fourth-order valence-corrected chi connectivity index (χ4v) is 15.3. The Balaban J connectivity index is 1.06. The number of nitrogens with zero attached hydrogens (tertiary/aromatic N) is 3. The van der Waals surface area contributed by atoms with E-state index in [1.807, 2.05) is 11.3 Å². The molecule has 9 aromatic carbocycles. The van der Waals surface area contributed by atoms with Crippen LogP contribution in [-0.4, -0.2) is 12.3 Å². The number of rotatable bonds is 5. The van der Waals surface area contributed by atoms with Crippen molar-refractivity contribution in [2.45, 2.75) is 110 Å². The van der Waals surface area contributed by atoms with Crippen LogP contribution in [0.5, 0.6) is 0 Å². The van der Waals surface area contributed by atoms with Gasteiger partial charge in [0.25, 0.3) is 6.71 Å². The van der Waals surface area contributed by atoms with Gasteiger partial charge in [0.1, 0.15) is 0 Å². The zero-order valence-corrected chi connectivity index (χ0v) is 46.4. The maximum Gasteiger partial charge on any atom is 0.252 e. The van der Waals surface area contributed by atoms with Crippen LogP contribution in [0, 0.1) is 6.92 Å². The smallest absolute Gasteiger partial charge is 0.252 e. The van der Waals surface area contributed by atoms with Crippen molar-refractivity contribution in [3.05, 3.63) is 210 Å². The highest BCUT2D eigenvalue weighted by Crippen LogP contribution is 2.62. The molecule has 0 saturated heterocycles. The number of anilines is 8. The van der Waals surface area contributed by atoms with Gasteiger partial charge in [0.05, 0.1) is 21.6 Å². The van der Waals surface area contributed by atoms with Crippen molar-refractivity contribution in [3.63, 3.8) is 0 Å². The van der Waals surface area contributed by atoms with Gasteiger partial charge in [-0.3, -0.25) is 0 Å². The van der Waals surface area contributed by atoms with Crippen LogP contribution < -0.4 is 31.1 Å². The quantitative estimate of drug-likeness (QED) is 0.159. The number of hydrogen-bond acceptors (Lipinski definition) is 4. The second-order valence-corrected chi connectivity index (χ2v) is 26.0. The Kier molecular flexibility index (Phi) is 10.4. The fraction of sp³-hybridized carbons (Fsp3) is 0.239. The molecule has 0 N–H and O–H groups in total. The van der Waals surface area contributed by atoms with E-state index in [2.05, 4.69) is 265 Å². The predicted octanol–water partition coefficient (Wildman–Crippen LogP) is 18.1. The van der Waals surface area contributed by atoms with E-state index in [0.29, 0.717) is 0 Å². The lowest BCUT2D eigenvalue weighted by Gasteiger charge is -2.50. The van der Waals surface area contributed by atoms with E-state index < -0.39 is 0 Å². The molecule has 1 fully saturated rings. The monoisotopic (exact) mass is 1000 g/mol. The average molecular weight is 1000 g/mol. The van der Waals surface area contributed by atoms with Crippen LogP contribution >= 0.6 is 11.3 Å². The van der Waals surface area contributed by atoms with Gasteiger partial charge in [-0.25, -0.2) is 0 Å². The lowest BCUT2D eigenvalue weighted by molar-refractivity contribution is 0.195. The number of benzene rings is 9. The minimum Gasteiger partial charge on any atom is -0.334 e. The highest BCUT2D eigenvalue weighted by molar-refractivity contribution is 7.26. The summed E-state index contributed by atoms with van der Waals surface area (Å²) in [6.07, 6.45) is 4.76. The third kappa shape index (κ3) is 6.93. The summed E-state index contributed by atoms with van der Waals surface area (Å²) in [5, 5.41) is 2.63. The molecule has 1 saturated carbocycles. The van der Waals surface area contributed by atoms with E-state index in [-0.39, 0.29) is 28.5 Å². The van der Waals surface area contributed by atoms with Crippen LogP contribution in [0.15, 0.2) is 188 Å². The molecule has 14 rings (SSSR count). The molecule has 4 heterocycles. The van der Waals surface area contributed by atoms with Gasteiger partial charge in [0, 0.05) is 60.6 Å². The SMILES string of the molecule is Cc1cc2c3c(c1)N(c1cccc4c1sc1ccccc14)c1cc(C(C)(C)C)ccc1B3c1ccc(N3c4ccc(-c5ccccc5)cc4C4(C)CCCCC34C)cc1N2c1ccc(C(C)(C)C)cc1-c1ccccc1. The van der Waals surface area contributed by atoms with Crippen LogP contribution in [0.25, 0.3) is 42.4 Å². The highest BCUT2D eigenvalue weighted by Gasteiger charge is 2.58. The third-order valence-corrected chi connectivity index (χ3v) is 19.6. The van der Waals surface area contributed by atoms with Gasteiger partial charge in [0.2, 0.25) is 0 Å². The van der Waals surface area contributed by atoms with Crippen LogP contribution in [0.4, 0.5) is 45.5 Å². The Labute approximate surface area is 454 Å². The topological polar surface area (TPSA) is 9.72 Å². The molecule has 10 aromatic rings. The van der Waals surface area contributed by atoms with E-state index in [9.17, 15) is 0 Å². The van der Waals surface area contributed by atoms with Crippen LogP contribution in [0.2, 0.25) is 0 Å². The minimum absolute atomic E-state index is 0.0170. The number of hydrogen-bond donors (Lipinski definition) is 0. The second kappa shape index (κ2) is 16.8. The molecule has 374 valence electrons. The van der Waals surface area contributed by atoms with E-state index >= 15 is 0 Å². The van der Waals surface area contributed by atoms with E-state index in [0.717, 1.165) is 6.42 Å². The highest BCUT2D eigenvalue weighted by atomic mass is 32.1. The Bertz CT molecular complexity index is 3990. The normalized spacial score (nSPS) is 18.6. The average Bonchev–Trinajstić information content (AvgIpc) is 3.90. The van der Waals surface area contributed by atoms with Crippen LogP contribution in [0.3, 0.4) is 0 Å². The number of thiophene rings is 1. The molecule has 0 spiro atoms. The summed E-state index contributed by atoms with van der Waals surface area (Å²) < 4.78 is 2.63. The van der Waals surface area contributed by atoms with Crippen molar-refractivity contribution >= 4 is 100 Å². The first-order valence-corrected chi connectivity index (χ1v) is 28.6. The second-order valence-electron chi connectivity index (χ2n) is 24.9. The molecule has 5 heteroatoms. The summed E-state index contributed by atoms with van der Waals surface area (Å²) in [5.74, 6) is 0. The van der Waals surface area contributed by atoms with Crippen molar-refractivity contribution in [2.75, 3.05) is 14.7 Å². The van der Waals surface area contributed by atoms with Crippen LogP contribution in [0.1, 0.15) is 103 Å². The maximum atomic E-state index is 2.78. The molecule has 3 nitrogen and oxygen atoms in total. The molecule has 4 aliphatic rings. The molecular formula is C71H66BN3S. The van der Waals surface area contributed by atoms with E-state index in [1.54, 1.807) is 0 Å². The predicted molar refractivity (Wildman–Crippen MR) is 329 cm³/mol. The Hall–Kier alpha value is -7.34. The van der Waals surface area contributed by atoms with Gasteiger partial charge in [-0.15, -0.1) is 11.3 Å². The first kappa shape index (κ1) is 47.1. The standard InChI is InChI=1S/C71H66BN3S/c1-45-39-63-66-64(40-45)74(60-27-20-26-53-52-25-16-17-28-65(52)76-67(53)60)61-43-50(69(5,6)7)30-33-56(61)72(66)57-34-32-51(44-62(57)73(63)58-36-31-49(68(2,3)4)42-54(58)47-23-14-11-15-24-47)75-59-35-29-48(46-21-12-10-13-22-46)41-55(59)70(8)37-18-19-38-71(70,75)9/h10-17,20-36,39-44H,18-19,37-38H2,1-9H3. The van der Waals surface area contributed by atoms with Gasteiger partial charge < -0.3 is 14.7 Å². The molecule has 76 heavy (non-hydrogen) atoms. The van der Waals surface area contributed by atoms with Crippen molar-refractivity contribution in [2.24, 2.45) is 0 Å². The summed E-state index contributed by atoms with van der Waals surface area (Å²) in [7, 11) is 0. The zero-order chi connectivity index (χ0) is 52.0. The summed E-state index contributed by atoms with van der Waals surface area (Å²) in [6, 6.07) is 72.7. The van der Waals surface area contributed by atoms with Crippen molar-refractivity contribution in [1.82, 2.24) is 0 Å². The molecule has 0 radical (unpaired) electrons. The lowest BCUT2D eigenvalue weighted by Crippen LogP contribution is -2.61. The van der Waals surface area contributed by atoms with Crippen LogP contribution in [-0.2, 0) is 16.2 Å². The summed E-state index contributed by atoms with van der Waals surface area (Å²) in [6.45, 7) is 21.5. The van der Waals surface area contributed by atoms with Gasteiger partial charge in [-0.05, 0) is 160 Å². The maximum absolute atomic E-state index is 2.78. The molecule has 1 aliphatic carbocycles. The Morgan fingerprint density at radius 3 is 1.82 bits per heavy atom. The van der Waals surface area contributed by atoms with Gasteiger partial charge in [-0.2, -0.15) is 0 Å². The first-order chi connectivity index (χ1) is 36.6. The van der Waals surface area contributed by atoms with Crippen molar-refractivity contribution < 1.29 is 0 Å². The fourth-order valence-electron chi connectivity index (χ4n) is 14.1. The Morgan fingerprint density at radius 2 is 1.08 bits per heavy atom. The number of fused-ring (bicyclic) bond motifs is 10. The summed E-state index contributed by atoms with van der Waals surface area (Å²) in [5.41, 5.74) is 24.2. The zero-order valence-electron chi connectivity index (χ0n) is 45.6. The van der Waals surface area contributed by atoms with Gasteiger partial charge in [-0.1, -0.05) is 183 Å². The Morgan fingerprint density at radius 1 is 0.474 bits per heavy atom.